The zero-order valence-corrected chi connectivity index (χ0v) is 13.0. The van der Waals surface area contributed by atoms with Gasteiger partial charge in [0.05, 0.1) is 4.90 Å². The van der Waals surface area contributed by atoms with Gasteiger partial charge in [0.15, 0.2) is 0 Å². The third-order valence-corrected chi connectivity index (χ3v) is 4.40. The molecule has 4 heteroatoms. The Balaban J connectivity index is 2.32. The largest absolute Gasteiger partial charge is 0.310 e. The van der Waals surface area contributed by atoms with Crippen LogP contribution >= 0.6 is 11.8 Å². The van der Waals surface area contributed by atoms with Gasteiger partial charge in [-0.25, -0.2) is 8.78 Å². The monoisotopic (exact) mass is 307 g/mol. The van der Waals surface area contributed by atoms with Gasteiger partial charge in [-0.3, -0.25) is 0 Å². The van der Waals surface area contributed by atoms with Gasteiger partial charge in [0.1, 0.15) is 11.6 Å². The quantitative estimate of drug-likeness (QED) is 0.789. The molecule has 1 N–H and O–H groups in total. The molecule has 0 aromatic heterocycles. The summed E-state index contributed by atoms with van der Waals surface area (Å²) < 4.78 is 28.0. The lowest BCUT2D eigenvalue weighted by atomic mass is 10.1. The highest BCUT2D eigenvalue weighted by molar-refractivity contribution is 7.99. The minimum atomic E-state index is -0.328. The van der Waals surface area contributed by atoms with Gasteiger partial charge in [0, 0.05) is 10.9 Å². The average molecular weight is 307 g/mol. The maximum absolute atomic E-state index is 14.2. The van der Waals surface area contributed by atoms with Gasteiger partial charge < -0.3 is 5.32 Å². The molecule has 1 unspecified atom stereocenters. The molecule has 21 heavy (non-hydrogen) atoms. The van der Waals surface area contributed by atoms with Gasteiger partial charge in [0.25, 0.3) is 0 Å². The summed E-state index contributed by atoms with van der Waals surface area (Å²) in [5, 5.41) is 3.34. The fraction of sp³-hybridized carbons (Fsp3) is 0.294. The van der Waals surface area contributed by atoms with E-state index in [1.807, 2.05) is 13.0 Å². The van der Waals surface area contributed by atoms with E-state index >= 15 is 0 Å². The van der Waals surface area contributed by atoms with Crippen LogP contribution in [0.3, 0.4) is 0 Å². The highest BCUT2D eigenvalue weighted by atomic mass is 32.2. The van der Waals surface area contributed by atoms with Gasteiger partial charge in [0.2, 0.25) is 0 Å². The fourth-order valence-electron chi connectivity index (χ4n) is 2.08. The lowest BCUT2D eigenvalue weighted by Gasteiger charge is -2.18. The van der Waals surface area contributed by atoms with Crippen LogP contribution in [0.4, 0.5) is 8.78 Å². The third kappa shape index (κ3) is 4.05. The van der Waals surface area contributed by atoms with Crippen molar-refractivity contribution in [2.45, 2.75) is 36.1 Å². The molecular formula is C17H19F2NS. The molecule has 2 rings (SSSR count). The molecule has 0 spiro atoms. The number of nitrogens with one attached hydrogen (secondary N) is 1. The maximum Gasteiger partial charge on any atom is 0.137 e. The minimum absolute atomic E-state index is 0.0231. The van der Waals surface area contributed by atoms with Crippen LogP contribution in [0.25, 0.3) is 0 Å². The highest BCUT2D eigenvalue weighted by Crippen LogP contribution is 2.36. The maximum atomic E-state index is 14.2. The Morgan fingerprint density at radius 1 is 1.05 bits per heavy atom. The zero-order chi connectivity index (χ0) is 15.2. The van der Waals surface area contributed by atoms with E-state index < -0.39 is 0 Å². The van der Waals surface area contributed by atoms with Gasteiger partial charge >= 0.3 is 0 Å². The van der Waals surface area contributed by atoms with Crippen molar-refractivity contribution in [1.29, 1.82) is 0 Å². The third-order valence-electron chi connectivity index (χ3n) is 3.21. The number of benzene rings is 2. The summed E-state index contributed by atoms with van der Waals surface area (Å²) in [4.78, 5) is 0.922. The summed E-state index contributed by atoms with van der Waals surface area (Å²) in [6, 6.07) is 11.5. The first kappa shape index (κ1) is 16.0. The Labute approximate surface area is 128 Å². The van der Waals surface area contributed by atoms with Crippen molar-refractivity contribution in [3.8, 4) is 0 Å². The smallest absolute Gasteiger partial charge is 0.137 e. The summed E-state index contributed by atoms with van der Waals surface area (Å²) in [6.07, 6.45) is 1.01. The van der Waals surface area contributed by atoms with Crippen LogP contribution in [0.1, 0.15) is 31.9 Å². The molecule has 0 amide bonds. The van der Waals surface area contributed by atoms with Crippen LogP contribution in [0, 0.1) is 11.6 Å². The molecule has 0 fully saturated rings. The second kappa shape index (κ2) is 7.57. The Bertz CT molecular complexity index is 601. The van der Waals surface area contributed by atoms with Crippen molar-refractivity contribution in [2.75, 3.05) is 6.54 Å². The molecule has 1 nitrogen and oxygen atoms in total. The van der Waals surface area contributed by atoms with E-state index in [0.29, 0.717) is 9.79 Å². The molecule has 0 saturated carbocycles. The van der Waals surface area contributed by atoms with Crippen molar-refractivity contribution in [1.82, 2.24) is 5.32 Å². The molecule has 2 aromatic carbocycles. The molecule has 0 saturated heterocycles. The first-order valence-electron chi connectivity index (χ1n) is 7.07. The van der Waals surface area contributed by atoms with Gasteiger partial charge in [-0.2, -0.15) is 0 Å². The van der Waals surface area contributed by atoms with E-state index in [1.165, 1.54) is 12.1 Å². The molecule has 0 aliphatic heterocycles. The van der Waals surface area contributed by atoms with Crippen LogP contribution in [-0.4, -0.2) is 6.54 Å². The lowest BCUT2D eigenvalue weighted by molar-refractivity contribution is 0.543. The van der Waals surface area contributed by atoms with Crippen molar-refractivity contribution < 1.29 is 8.78 Å². The summed E-state index contributed by atoms with van der Waals surface area (Å²) in [5.41, 5.74) is 0.858. The van der Waals surface area contributed by atoms with Crippen LogP contribution < -0.4 is 5.32 Å². The fourth-order valence-corrected chi connectivity index (χ4v) is 3.14. The van der Waals surface area contributed by atoms with Crippen molar-refractivity contribution in [2.24, 2.45) is 0 Å². The molecule has 1 atom stereocenters. The van der Waals surface area contributed by atoms with Gasteiger partial charge in [-0.05, 0) is 43.7 Å². The number of halogens is 2. The first-order chi connectivity index (χ1) is 10.1. The summed E-state index contributed by atoms with van der Waals surface area (Å²) in [6.45, 7) is 4.94. The van der Waals surface area contributed by atoms with E-state index in [4.69, 9.17) is 0 Å². The summed E-state index contributed by atoms with van der Waals surface area (Å²) >= 11 is 1.14. The first-order valence-corrected chi connectivity index (χ1v) is 7.89. The van der Waals surface area contributed by atoms with E-state index in [1.54, 1.807) is 24.3 Å². The number of hydrogen-bond donors (Lipinski definition) is 1. The van der Waals surface area contributed by atoms with Crippen LogP contribution in [0.15, 0.2) is 52.3 Å². The van der Waals surface area contributed by atoms with Crippen molar-refractivity contribution >= 4 is 11.8 Å². The Kier molecular flexibility index (Phi) is 5.76. The Morgan fingerprint density at radius 3 is 2.48 bits per heavy atom. The highest BCUT2D eigenvalue weighted by Gasteiger charge is 2.16. The molecular weight excluding hydrogens is 288 g/mol. The molecule has 0 heterocycles. The van der Waals surface area contributed by atoms with E-state index in [0.717, 1.165) is 30.3 Å². The number of rotatable bonds is 6. The molecule has 112 valence electrons. The van der Waals surface area contributed by atoms with Crippen molar-refractivity contribution in [3.05, 3.63) is 59.7 Å². The van der Waals surface area contributed by atoms with Crippen LogP contribution in [-0.2, 0) is 0 Å². The summed E-state index contributed by atoms with van der Waals surface area (Å²) in [5.74, 6) is -0.642. The predicted molar refractivity (Wildman–Crippen MR) is 83.6 cm³/mol. The van der Waals surface area contributed by atoms with E-state index in [-0.39, 0.29) is 17.7 Å². The molecule has 0 aliphatic rings. The molecule has 0 bridgehead atoms. The summed E-state index contributed by atoms with van der Waals surface area (Å²) in [7, 11) is 0. The van der Waals surface area contributed by atoms with Gasteiger partial charge in [-0.15, -0.1) is 0 Å². The van der Waals surface area contributed by atoms with E-state index in [2.05, 4.69) is 12.2 Å². The van der Waals surface area contributed by atoms with E-state index in [9.17, 15) is 8.78 Å². The normalized spacial score (nSPS) is 12.4. The predicted octanol–water partition coefficient (Wildman–Crippen LogP) is 5.18. The second-order valence-corrected chi connectivity index (χ2v) is 5.92. The SMILES string of the molecule is CCCNC(C)c1cccc(F)c1Sc1ccccc1F. The minimum Gasteiger partial charge on any atom is -0.310 e. The number of hydrogen-bond acceptors (Lipinski definition) is 2. The standard InChI is InChI=1S/C17H19F2NS/c1-3-11-20-12(2)13-7-6-9-15(19)17(13)21-16-10-5-4-8-14(16)18/h4-10,12,20H,3,11H2,1-2H3. The lowest BCUT2D eigenvalue weighted by Crippen LogP contribution is -2.20. The Morgan fingerprint density at radius 2 is 1.76 bits per heavy atom. The molecule has 0 aliphatic carbocycles. The average Bonchev–Trinajstić information content (AvgIpc) is 2.49. The zero-order valence-electron chi connectivity index (χ0n) is 12.2. The topological polar surface area (TPSA) is 12.0 Å². The Hall–Kier alpha value is -1.39. The van der Waals surface area contributed by atoms with Crippen LogP contribution in [0.2, 0.25) is 0 Å². The van der Waals surface area contributed by atoms with Gasteiger partial charge in [-0.1, -0.05) is 43.0 Å². The van der Waals surface area contributed by atoms with Crippen molar-refractivity contribution in [3.63, 3.8) is 0 Å². The second-order valence-electron chi connectivity index (χ2n) is 4.87. The molecule has 2 aromatic rings. The molecule has 0 radical (unpaired) electrons. The van der Waals surface area contributed by atoms with Crippen LogP contribution in [0.5, 0.6) is 0 Å².